The Kier molecular flexibility index (Phi) is 16.3. The number of nitro benzene ring substituents is 1. The van der Waals surface area contributed by atoms with Crippen molar-refractivity contribution in [3.8, 4) is 17.4 Å². The first-order valence-electron chi connectivity index (χ1n) is 31.7. The lowest BCUT2D eigenvalue weighted by molar-refractivity contribution is -0.384. The molecule has 5 atom stereocenters. The standard InChI is InChI=1S/C65H78FN11O11S/c1-40(2)87-57-7-5-4-6-47(57)56-37-73(52-16-28-86-60-59(52)49(66)36-69-62(60)74-24-29-85-38-41(74)3)22-23-75(56)45-33-65(34-45)17-20-72(21-18-65)44-8-10-48(53(31-44)76-51-15-27-84-39-58(51)88-64-55(76)30-43-12-19-67-61(43)70-64)63(78)71-89(81,82)46-9-11-50(54(32-46)77(79)80)68-35-42-13-25-83-26-14-42/h4-12,19,30-32,36,40-42,45,51-52,56,58,68H,13-18,20-29,33-35,37-39H2,1-3H3,(H,67,70)(H,71,78)/t41-,51-,52-,56+,58-/m0/s1. The zero-order valence-corrected chi connectivity index (χ0v) is 51.4. The molecule has 22 nitrogen and oxygen atoms in total. The van der Waals surface area contributed by atoms with Crippen molar-refractivity contribution in [2.45, 2.75) is 119 Å². The summed E-state index contributed by atoms with van der Waals surface area (Å²) in [6.07, 6.45) is 9.46. The number of aromatic nitrogens is 3. The molecule has 89 heavy (non-hydrogen) atoms. The van der Waals surface area contributed by atoms with Crippen LogP contribution >= 0.6 is 0 Å². The van der Waals surface area contributed by atoms with Crippen LogP contribution in [0.25, 0.3) is 11.0 Å². The number of nitro groups is 1. The average molecular weight is 1240 g/mol. The molecule has 1 spiro atoms. The van der Waals surface area contributed by atoms with E-state index in [1.807, 2.05) is 30.3 Å². The number of piperazine rings is 1. The third kappa shape index (κ3) is 11.6. The van der Waals surface area contributed by atoms with E-state index in [0.717, 1.165) is 93.2 Å². The molecule has 8 aliphatic rings. The van der Waals surface area contributed by atoms with Crippen molar-refractivity contribution in [3.05, 3.63) is 118 Å². The van der Waals surface area contributed by atoms with Crippen LogP contribution in [0.3, 0.4) is 0 Å². The zero-order chi connectivity index (χ0) is 61.1. The highest BCUT2D eigenvalue weighted by Gasteiger charge is 2.51. The molecule has 0 radical (unpaired) electrons. The summed E-state index contributed by atoms with van der Waals surface area (Å²) in [6, 6.07) is 21.4. The molecule has 24 heteroatoms. The number of para-hydroxylation sites is 1. The molecule has 472 valence electrons. The number of carbonyl (C=O) groups excluding carboxylic acids is 1. The van der Waals surface area contributed by atoms with E-state index in [1.54, 1.807) is 12.3 Å². The minimum absolute atomic E-state index is 0.0158. The maximum Gasteiger partial charge on any atom is 0.293 e. The van der Waals surface area contributed by atoms with Crippen molar-refractivity contribution in [3.63, 3.8) is 0 Å². The highest BCUT2D eigenvalue weighted by molar-refractivity contribution is 7.90. The Bertz CT molecular complexity index is 3740. The highest BCUT2D eigenvalue weighted by Crippen LogP contribution is 2.55. The van der Waals surface area contributed by atoms with E-state index in [4.69, 9.17) is 33.4 Å². The van der Waals surface area contributed by atoms with Gasteiger partial charge in [0.2, 0.25) is 5.88 Å². The van der Waals surface area contributed by atoms with Gasteiger partial charge >= 0.3 is 0 Å². The maximum atomic E-state index is 16.3. The lowest BCUT2D eigenvalue weighted by Gasteiger charge is -2.59. The largest absolute Gasteiger partial charge is 0.491 e. The molecule has 10 heterocycles. The van der Waals surface area contributed by atoms with Gasteiger partial charge in [-0.15, -0.1) is 0 Å². The normalized spacial score (nSPS) is 24.3. The molecule has 3 aromatic carbocycles. The summed E-state index contributed by atoms with van der Waals surface area (Å²) in [5.74, 6) is 1.46. The number of piperidine rings is 1. The van der Waals surface area contributed by atoms with Gasteiger partial charge in [0, 0.05) is 113 Å². The lowest BCUT2D eigenvalue weighted by Crippen LogP contribution is -2.60. The fourth-order valence-corrected chi connectivity index (χ4v) is 16.2. The minimum Gasteiger partial charge on any atom is -0.491 e. The van der Waals surface area contributed by atoms with Crippen molar-refractivity contribution >= 4 is 61.2 Å². The number of halogens is 1. The Morgan fingerprint density at radius 1 is 0.899 bits per heavy atom. The van der Waals surface area contributed by atoms with E-state index >= 15 is 4.39 Å². The highest BCUT2D eigenvalue weighted by atomic mass is 32.2. The fraction of sp³-hybridized carbons (Fsp3) is 0.523. The van der Waals surface area contributed by atoms with Gasteiger partial charge in [-0.05, 0) is 126 Å². The monoisotopic (exact) mass is 1240 g/mol. The van der Waals surface area contributed by atoms with Crippen LogP contribution in [-0.4, -0.2) is 166 Å². The van der Waals surface area contributed by atoms with E-state index in [0.29, 0.717) is 118 Å². The molecule has 3 aromatic heterocycles. The molecule has 7 aliphatic heterocycles. The van der Waals surface area contributed by atoms with Crippen LogP contribution in [0.5, 0.6) is 17.4 Å². The third-order valence-corrected chi connectivity index (χ3v) is 21.2. The van der Waals surface area contributed by atoms with Crippen molar-refractivity contribution < 1.29 is 50.9 Å². The van der Waals surface area contributed by atoms with Gasteiger partial charge in [0.05, 0.1) is 83.5 Å². The van der Waals surface area contributed by atoms with Gasteiger partial charge in [-0.3, -0.25) is 24.7 Å². The molecule has 0 bridgehead atoms. The van der Waals surface area contributed by atoms with Crippen LogP contribution in [0, 0.1) is 27.3 Å². The Morgan fingerprint density at radius 3 is 2.52 bits per heavy atom. The summed E-state index contributed by atoms with van der Waals surface area (Å²) in [4.78, 5) is 50.8. The molecule has 1 saturated carbocycles. The second-order valence-electron chi connectivity index (χ2n) is 25.6. The van der Waals surface area contributed by atoms with Crippen LogP contribution < -0.4 is 38.9 Å². The number of benzene rings is 3. The summed E-state index contributed by atoms with van der Waals surface area (Å²) in [5.41, 5.74) is 4.29. The summed E-state index contributed by atoms with van der Waals surface area (Å²) < 4.78 is 83.9. The predicted molar refractivity (Wildman–Crippen MR) is 333 cm³/mol. The van der Waals surface area contributed by atoms with Gasteiger partial charge in [0.15, 0.2) is 11.6 Å². The Labute approximate surface area is 517 Å². The number of nitrogens with zero attached hydrogens (tertiary/aromatic N) is 8. The topological polar surface area (TPSA) is 232 Å². The Morgan fingerprint density at radius 2 is 1.71 bits per heavy atom. The zero-order valence-electron chi connectivity index (χ0n) is 50.6. The van der Waals surface area contributed by atoms with Crippen molar-refractivity contribution in [1.29, 1.82) is 0 Å². The lowest BCUT2D eigenvalue weighted by atomic mass is 9.59. The Hall–Kier alpha value is -7.35. The smallest absolute Gasteiger partial charge is 0.293 e. The molecule has 6 aromatic rings. The van der Waals surface area contributed by atoms with Crippen LogP contribution in [0.4, 0.5) is 38.6 Å². The number of H-pyrrole nitrogens is 1. The number of aromatic amines is 1. The molecule has 0 unspecified atom stereocenters. The fourth-order valence-electron chi connectivity index (χ4n) is 15.2. The Balaban J connectivity index is 0.726. The average Bonchev–Trinajstić information content (AvgIpc) is 1.37. The van der Waals surface area contributed by atoms with E-state index in [1.165, 1.54) is 18.3 Å². The van der Waals surface area contributed by atoms with Gasteiger partial charge in [-0.2, -0.15) is 4.98 Å². The van der Waals surface area contributed by atoms with Gasteiger partial charge in [0.1, 0.15) is 34.7 Å². The number of fused-ring (bicyclic) bond motifs is 4. The van der Waals surface area contributed by atoms with Crippen LogP contribution in [-0.2, 0) is 24.2 Å². The van der Waals surface area contributed by atoms with Crippen molar-refractivity contribution in [1.82, 2.24) is 29.5 Å². The quantitative estimate of drug-likeness (QED) is 0.0642. The SMILES string of the molecule is CC(C)Oc1ccccc1[C@H]1CN([C@H]2CCOc3c(N4CCOC[C@@H]4C)ncc(F)c32)CCN1C1CC2(CCN(c3ccc(C(=O)NS(=O)(=O)c4ccc(NCC5CCOCC5)c([N+](=O)[O-])c4)c(N4c5cc6cc[nH]c6nc5O[C@H]5COCC[C@@H]54)c3)CC2)C1. The number of rotatable bonds is 15. The molecule has 3 N–H and O–H groups in total. The number of anilines is 5. The van der Waals surface area contributed by atoms with E-state index in [9.17, 15) is 23.3 Å². The summed E-state index contributed by atoms with van der Waals surface area (Å²) in [6.45, 7) is 14.6. The van der Waals surface area contributed by atoms with Gasteiger partial charge in [-0.25, -0.2) is 22.5 Å². The molecular weight excluding hydrogens is 1160 g/mol. The molecule has 1 amide bonds. The number of pyridine rings is 2. The molecule has 1 aliphatic carbocycles. The first kappa shape index (κ1) is 59.3. The third-order valence-electron chi connectivity index (χ3n) is 19.9. The molecule has 6 fully saturated rings. The van der Waals surface area contributed by atoms with E-state index in [2.05, 4.69) is 83.5 Å². The summed E-state index contributed by atoms with van der Waals surface area (Å²) >= 11 is 0. The number of nitrogens with one attached hydrogen (secondary N) is 3. The summed E-state index contributed by atoms with van der Waals surface area (Å²) in [5, 5.41) is 16.4. The van der Waals surface area contributed by atoms with Gasteiger partial charge in [-0.1, -0.05) is 18.2 Å². The number of carbonyl (C=O) groups is 1. The second kappa shape index (κ2) is 24.5. The molecular formula is C65H78FN11O11S. The number of morpholine rings is 1. The van der Waals surface area contributed by atoms with Crippen molar-refractivity contribution in [2.24, 2.45) is 11.3 Å². The number of amides is 1. The predicted octanol–water partition coefficient (Wildman–Crippen LogP) is 9.29. The van der Waals surface area contributed by atoms with Crippen LogP contribution in [0.2, 0.25) is 0 Å². The van der Waals surface area contributed by atoms with Gasteiger partial charge < -0.3 is 53.4 Å². The first-order chi connectivity index (χ1) is 43.2. The van der Waals surface area contributed by atoms with Crippen molar-refractivity contribution in [2.75, 3.05) is 112 Å². The maximum absolute atomic E-state index is 16.3. The number of hydrogen-bond acceptors (Lipinski definition) is 19. The van der Waals surface area contributed by atoms with Crippen LogP contribution in [0.1, 0.15) is 106 Å². The number of ether oxygens (including phenoxy) is 6. The number of hydrogen-bond donors (Lipinski definition) is 3. The van der Waals surface area contributed by atoms with E-state index in [-0.39, 0.29) is 65.3 Å². The van der Waals surface area contributed by atoms with Gasteiger partial charge in [0.25, 0.3) is 21.6 Å². The molecule has 14 rings (SSSR count). The summed E-state index contributed by atoms with van der Waals surface area (Å²) in [7, 11) is -4.65. The first-order valence-corrected chi connectivity index (χ1v) is 33.1. The van der Waals surface area contributed by atoms with E-state index < -0.39 is 37.5 Å². The second-order valence-corrected chi connectivity index (χ2v) is 27.3. The minimum atomic E-state index is -4.65. The molecule has 5 saturated heterocycles. The van der Waals surface area contributed by atoms with Crippen LogP contribution in [0.15, 0.2) is 90.1 Å². The number of sulfonamides is 1.